The summed E-state index contributed by atoms with van der Waals surface area (Å²) in [5.74, 6) is 0. The maximum absolute atomic E-state index is 10.00. The Bertz CT molecular complexity index is 373. The highest BCUT2D eigenvalue weighted by Gasteiger charge is 2.15. The third-order valence-corrected chi connectivity index (χ3v) is 3.08. The molecule has 1 aliphatic rings. The van der Waals surface area contributed by atoms with Crippen molar-refractivity contribution in [1.82, 2.24) is 0 Å². The topological polar surface area (TPSA) is 23.5 Å². The summed E-state index contributed by atoms with van der Waals surface area (Å²) >= 11 is 0. The fourth-order valence-corrected chi connectivity index (χ4v) is 2.14. The van der Waals surface area contributed by atoms with Crippen molar-refractivity contribution in [2.75, 3.05) is 18.0 Å². The van der Waals surface area contributed by atoms with Crippen LogP contribution in [0.1, 0.15) is 31.4 Å². The number of hydrogen-bond acceptors (Lipinski definition) is 2. The van der Waals surface area contributed by atoms with Crippen molar-refractivity contribution in [3.05, 3.63) is 42.0 Å². The normalized spacial score (nSPS) is 17.5. The number of hydrogen-bond donors (Lipinski definition) is 1. The van der Waals surface area contributed by atoms with E-state index in [2.05, 4.69) is 23.1 Å². The lowest BCUT2D eigenvalue weighted by atomic mass is 10.0. The van der Waals surface area contributed by atoms with E-state index in [9.17, 15) is 5.11 Å². The van der Waals surface area contributed by atoms with Gasteiger partial charge >= 0.3 is 0 Å². The molecule has 2 rings (SSSR count). The Morgan fingerprint density at radius 2 is 2.12 bits per heavy atom. The number of rotatable bonds is 3. The largest absolute Gasteiger partial charge is 0.388 e. The molecule has 2 heteroatoms. The number of para-hydroxylation sites is 1. The second-order valence-corrected chi connectivity index (χ2v) is 4.19. The van der Waals surface area contributed by atoms with Crippen molar-refractivity contribution in [1.29, 1.82) is 0 Å². The van der Waals surface area contributed by atoms with Crippen molar-refractivity contribution >= 4 is 5.69 Å². The van der Waals surface area contributed by atoms with E-state index in [-0.39, 0.29) is 6.10 Å². The zero-order valence-corrected chi connectivity index (χ0v) is 9.76. The number of nitrogens with zero attached hydrogens (tertiary/aromatic N) is 1. The second kappa shape index (κ2) is 5.17. The molecule has 0 bridgehead atoms. The van der Waals surface area contributed by atoms with Gasteiger partial charge in [-0.1, -0.05) is 37.3 Å². The Hall–Kier alpha value is -1.28. The summed E-state index contributed by atoms with van der Waals surface area (Å²) in [6, 6.07) is 8.17. The molecule has 0 saturated heterocycles. The van der Waals surface area contributed by atoms with Crippen LogP contribution in [0.3, 0.4) is 0 Å². The van der Waals surface area contributed by atoms with E-state index < -0.39 is 0 Å². The second-order valence-electron chi connectivity index (χ2n) is 4.19. The first-order chi connectivity index (χ1) is 7.83. The summed E-state index contributed by atoms with van der Waals surface area (Å²) in [5.41, 5.74) is 2.24. The molecule has 1 unspecified atom stereocenters. The lowest BCUT2D eigenvalue weighted by Gasteiger charge is -2.29. The summed E-state index contributed by atoms with van der Waals surface area (Å²) in [6.07, 6.45) is 5.92. The van der Waals surface area contributed by atoms with Crippen molar-refractivity contribution in [2.45, 2.75) is 25.9 Å². The molecular weight excluding hydrogens is 198 g/mol. The molecule has 0 spiro atoms. The number of aliphatic hydroxyl groups excluding tert-OH is 1. The van der Waals surface area contributed by atoms with E-state index in [4.69, 9.17) is 0 Å². The minimum absolute atomic E-state index is 0.345. The van der Waals surface area contributed by atoms with Gasteiger partial charge in [0.05, 0.1) is 6.10 Å². The van der Waals surface area contributed by atoms with Crippen LogP contribution in [0.15, 0.2) is 36.4 Å². The molecule has 1 aromatic rings. The first kappa shape index (κ1) is 11.2. The molecule has 0 radical (unpaired) electrons. The zero-order chi connectivity index (χ0) is 11.4. The molecule has 1 heterocycles. The van der Waals surface area contributed by atoms with Crippen LogP contribution in [0.25, 0.3) is 0 Å². The van der Waals surface area contributed by atoms with Gasteiger partial charge in [0.2, 0.25) is 0 Å². The van der Waals surface area contributed by atoms with E-state index in [1.165, 1.54) is 5.69 Å². The third-order valence-electron chi connectivity index (χ3n) is 3.08. The summed E-state index contributed by atoms with van der Waals surface area (Å²) in [4.78, 5) is 2.33. The monoisotopic (exact) mass is 217 g/mol. The van der Waals surface area contributed by atoms with Crippen LogP contribution in [-0.2, 0) is 0 Å². The fourth-order valence-electron chi connectivity index (χ4n) is 2.14. The first-order valence-corrected chi connectivity index (χ1v) is 6.00. The molecular formula is C14H19NO. The standard InChI is InChI=1S/C14H19NO/c1-2-14(16)12-8-4-5-9-13(12)15-10-6-3-7-11-15/h3-6,8-9,14,16H,2,7,10-11H2,1H3. The van der Waals surface area contributed by atoms with Gasteiger partial charge in [0, 0.05) is 24.3 Å². The minimum Gasteiger partial charge on any atom is -0.388 e. The predicted octanol–water partition coefficient (Wildman–Crippen LogP) is 2.90. The molecule has 16 heavy (non-hydrogen) atoms. The highest BCUT2D eigenvalue weighted by atomic mass is 16.3. The molecule has 0 fully saturated rings. The summed E-state index contributed by atoms with van der Waals surface area (Å²) in [6.45, 7) is 4.01. The van der Waals surface area contributed by atoms with Crippen LogP contribution in [0, 0.1) is 0 Å². The predicted molar refractivity (Wildman–Crippen MR) is 67.7 cm³/mol. The van der Waals surface area contributed by atoms with Crippen LogP contribution in [0.5, 0.6) is 0 Å². The third kappa shape index (κ3) is 2.27. The summed E-state index contributed by atoms with van der Waals surface area (Å²) in [7, 11) is 0. The zero-order valence-electron chi connectivity index (χ0n) is 9.76. The summed E-state index contributed by atoms with van der Waals surface area (Å²) < 4.78 is 0. The van der Waals surface area contributed by atoms with Gasteiger partial charge in [-0.25, -0.2) is 0 Å². The summed E-state index contributed by atoms with van der Waals surface area (Å²) in [5, 5.41) is 10.00. The quantitative estimate of drug-likeness (QED) is 0.787. The minimum atomic E-state index is -0.345. The molecule has 0 amide bonds. The van der Waals surface area contributed by atoms with Gasteiger partial charge in [-0.15, -0.1) is 0 Å². The van der Waals surface area contributed by atoms with Crippen molar-refractivity contribution in [3.8, 4) is 0 Å². The highest BCUT2D eigenvalue weighted by molar-refractivity contribution is 5.55. The van der Waals surface area contributed by atoms with Crippen LogP contribution < -0.4 is 4.90 Å². The van der Waals surface area contributed by atoms with E-state index in [0.29, 0.717) is 0 Å². The number of anilines is 1. The smallest absolute Gasteiger partial charge is 0.0807 e. The van der Waals surface area contributed by atoms with E-state index in [1.807, 2.05) is 25.1 Å². The average Bonchev–Trinajstić information content (AvgIpc) is 2.39. The van der Waals surface area contributed by atoms with Gasteiger partial charge in [0.25, 0.3) is 0 Å². The Morgan fingerprint density at radius 3 is 2.81 bits per heavy atom. The lowest BCUT2D eigenvalue weighted by molar-refractivity contribution is 0.174. The molecule has 0 aliphatic carbocycles. The molecule has 1 aromatic carbocycles. The van der Waals surface area contributed by atoms with Gasteiger partial charge in [0.15, 0.2) is 0 Å². The molecule has 1 atom stereocenters. The average molecular weight is 217 g/mol. The molecule has 1 N–H and O–H groups in total. The van der Waals surface area contributed by atoms with Gasteiger partial charge < -0.3 is 10.0 Å². The van der Waals surface area contributed by atoms with Crippen LogP contribution >= 0.6 is 0 Å². The van der Waals surface area contributed by atoms with Crippen molar-refractivity contribution < 1.29 is 5.11 Å². The number of benzene rings is 1. The van der Waals surface area contributed by atoms with Gasteiger partial charge in [0.1, 0.15) is 0 Å². The molecule has 2 nitrogen and oxygen atoms in total. The molecule has 0 saturated carbocycles. The molecule has 0 aromatic heterocycles. The first-order valence-electron chi connectivity index (χ1n) is 6.00. The van der Waals surface area contributed by atoms with Gasteiger partial charge in [-0.05, 0) is 18.9 Å². The van der Waals surface area contributed by atoms with Crippen molar-refractivity contribution in [3.63, 3.8) is 0 Å². The molecule has 86 valence electrons. The SMILES string of the molecule is CCC(O)c1ccccc1N1CC=CCC1. The fraction of sp³-hybridized carbons (Fsp3) is 0.429. The maximum atomic E-state index is 10.00. The number of aliphatic hydroxyl groups is 1. The van der Waals surface area contributed by atoms with E-state index >= 15 is 0 Å². The van der Waals surface area contributed by atoms with Gasteiger partial charge in [-0.3, -0.25) is 0 Å². The van der Waals surface area contributed by atoms with E-state index in [0.717, 1.165) is 31.5 Å². The van der Waals surface area contributed by atoms with Crippen molar-refractivity contribution in [2.24, 2.45) is 0 Å². The van der Waals surface area contributed by atoms with Crippen LogP contribution in [0.4, 0.5) is 5.69 Å². The maximum Gasteiger partial charge on any atom is 0.0807 e. The highest BCUT2D eigenvalue weighted by Crippen LogP contribution is 2.28. The Morgan fingerprint density at radius 1 is 1.31 bits per heavy atom. The Balaban J connectivity index is 2.28. The van der Waals surface area contributed by atoms with Gasteiger partial charge in [-0.2, -0.15) is 0 Å². The Kier molecular flexibility index (Phi) is 3.62. The van der Waals surface area contributed by atoms with Crippen LogP contribution in [0.2, 0.25) is 0 Å². The lowest BCUT2D eigenvalue weighted by Crippen LogP contribution is -2.28. The van der Waals surface area contributed by atoms with E-state index in [1.54, 1.807) is 0 Å². The van der Waals surface area contributed by atoms with Crippen LogP contribution in [-0.4, -0.2) is 18.2 Å². The Labute approximate surface area is 97.2 Å². The molecule has 1 aliphatic heterocycles.